The Morgan fingerprint density at radius 2 is 2.00 bits per heavy atom. The maximum Gasteiger partial charge on any atom is 0.315 e. The van der Waals surface area contributed by atoms with E-state index in [0.717, 1.165) is 12.8 Å². The second-order valence-corrected chi connectivity index (χ2v) is 5.12. The van der Waals surface area contributed by atoms with Gasteiger partial charge in [0, 0.05) is 6.54 Å². The lowest BCUT2D eigenvalue weighted by Gasteiger charge is -2.27. The van der Waals surface area contributed by atoms with Gasteiger partial charge < -0.3 is 20.2 Å². The summed E-state index contributed by atoms with van der Waals surface area (Å²) < 4.78 is 5.05. The fourth-order valence-corrected chi connectivity index (χ4v) is 2.20. The SMILES string of the molecule is CCCC(O)(CCC)CNC(=O)NCc1ncoc1C. The van der Waals surface area contributed by atoms with Gasteiger partial charge in [-0.25, -0.2) is 9.78 Å². The van der Waals surface area contributed by atoms with Gasteiger partial charge in [0.15, 0.2) is 6.39 Å². The number of carbonyl (C=O) groups excluding carboxylic acids is 1. The average molecular weight is 283 g/mol. The van der Waals surface area contributed by atoms with E-state index in [-0.39, 0.29) is 12.6 Å². The number of aliphatic hydroxyl groups is 1. The molecular formula is C14H25N3O3. The Morgan fingerprint density at radius 3 is 2.50 bits per heavy atom. The second kappa shape index (κ2) is 7.89. The highest BCUT2D eigenvalue weighted by molar-refractivity contribution is 5.73. The maximum absolute atomic E-state index is 11.7. The van der Waals surface area contributed by atoms with E-state index in [2.05, 4.69) is 15.6 Å². The van der Waals surface area contributed by atoms with Gasteiger partial charge in [-0.1, -0.05) is 26.7 Å². The molecule has 0 saturated carbocycles. The largest absolute Gasteiger partial charge is 0.448 e. The highest BCUT2D eigenvalue weighted by Crippen LogP contribution is 2.18. The standard InChI is InChI=1S/C14H25N3O3/c1-4-6-14(19,7-5-2)9-16-13(18)15-8-12-11(3)20-10-17-12/h10,19H,4-9H2,1-3H3,(H2,15,16,18). The molecule has 0 aliphatic rings. The van der Waals surface area contributed by atoms with Crippen molar-refractivity contribution in [3.8, 4) is 0 Å². The third kappa shape index (κ3) is 5.21. The summed E-state index contributed by atoms with van der Waals surface area (Å²) in [4.78, 5) is 15.7. The number of amides is 2. The lowest BCUT2D eigenvalue weighted by Crippen LogP contribution is -2.46. The van der Waals surface area contributed by atoms with Gasteiger partial charge in [0.25, 0.3) is 0 Å². The summed E-state index contributed by atoms with van der Waals surface area (Å²) in [7, 11) is 0. The fourth-order valence-electron chi connectivity index (χ4n) is 2.20. The number of oxazole rings is 1. The minimum atomic E-state index is -0.815. The third-order valence-corrected chi connectivity index (χ3v) is 3.27. The van der Waals surface area contributed by atoms with E-state index in [4.69, 9.17) is 4.42 Å². The first-order chi connectivity index (χ1) is 9.50. The van der Waals surface area contributed by atoms with Crippen LogP contribution in [0.5, 0.6) is 0 Å². The molecule has 6 heteroatoms. The number of urea groups is 1. The molecule has 0 aliphatic carbocycles. The van der Waals surface area contributed by atoms with Crippen molar-refractivity contribution < 1.29 is 14.3 Å². The number of aromatic nitrogens is 1. The monoisotopic (exact) mass is 283 g/mol. The molecule has 0 fully saturated rings. The molecule has 2 amide bonds. The van der Waals surface area contributed by atoms with Gasteiger partial charge in [-0.15, -0.1) is 0 Å². The molecule has 6 nitrogen and oxygen atoms in total. The minimum Gasteiger partial charge on any atom is -0.448 e. The summed E-state index contributed by atoms with van der Waals surface area (Å²) in [5, 5.41) is 15.8. The van der Waals surface area contributed by atoms with Crippen LogP contribution in [0.1, 0.15) is 51.0 Å². The van der Waals surface area contributed by atoms with E-state index in [0.29, 0.717) is 30.8 Å². The normalized spacial score (nSPS) is 11.4. The smallest absolute Gasteiger partial charge is 0.315 e. The Morgan fingerprint density at radius 1 is 1.35 bits per heavy atom. The average Bonchev–Trinajstić information content (AvgIpc) is 2.80. The molecule has 0 saturated heterocycles. The Hall–Kier alpha value is -1.56. The lowest BCUT2D eigenvalue weighted by atomic mass is 9.93. The minimum absolute atomic E-state index is 0.262. The van der Waals surface area contributed by atoms with Crippen molar-refractivity contribution in [3.05, 3.63) is 17.8 Å². The number of aryl methyl sites for hydroxylation is 1. The molecule has 1 aromatic rings. The first kappa shape index (κ1) is 16.5. The summed E-state index contributed by atoms with van der Waals surface area (Å²) in [5.74, 6) is 0.693. The molecule has 1 heterocycles. The van der Waals surface area contributed by atoms with Gasteiger partial charge in [0.2, 0.25) is 0 Å². The van der Waals surface area contributed by atoms with Crippen LogP contribution in [-0.2, 0) is 6.54 Å². The predicted octanol–water partition coefficient (Wildman–Crippen LogP) is 2.11. The third-order valence-electron chi connectivity index (χ3n) is 3.27. The van der Waals surface area contributed by atoms with Crippen molar-refractivity contribution in [3.63, 3.8) is 0 Å². The van der Waals surface area contributed by atoms with Crippen LogP contribution < -0.4 is 10.6 Å². The van der Waals surface area contributed by atoms with Crippen molar-refractivity contribution in [2.75, 3.05) is 6.54 Å². The van der Waals surface area contributed by atoms with Crippen molar-refractivity contribution >= 4 is 6.03 Å². The maximum atomic E-state index is 11.7. The van der Waals surface area contributed by atoms with Crippen LogP contribution in [0, 0.1) is 6.92 Å². The van der Waals surface area contributed by atoms with Crippen LogP contribution >= 0.6 is 0 Å². The molecule has 0 radical (unpaired) electrons. The molecule has 20 heavy (non-hydrogen) atoms. The number of rotatable bonds is 8. The number of hydrogen-bond acceptors (Lipinski definition) is 4. The fraction of sp³-hybridized carbons (Fsp3) is 0.714. The van der Waals surface area contributed by atoms with Crippen LogP contribution in [0.25, 0.3) is 0 Å². The number of nitrogens with one attached hydrogen (secondary N) is 2. The molecule has 0 unspecified atom stereocenters. The molecule has 114 valence electrons. The first-order valence-corrected chi connectivity index (χ1v) is 7.13. The van der Waals surface area contributed by atoms with E-state index in [9.17, 15) is 9.90 Å². The molecule has 0 aliphatic heterocycles. The zero-order chi connectivity index (χ0) is 15.0. The van der Waals surface area contributed by atoms with Crippen LogP contribution in [-0.4, -0.2) is 28.3 Å². The predicted molar refractivity (Wildman–Crippen MR) is 76.2 cm³/mol. The van der Waals surface area contributed by atoms with Crippen molar-refractivity contribution in [2.24, 2.45) is 0 Å². The molecule has 3 N–H and O–H groups in total. The number of nitrogens with zero attached hydrogens (tertiary/aromatic N) is 1. The second-order valence-electron chi connectivity index (χ2n) is 5.12. The van der Waals surface area contributed by atoms with Gasteiger partial charge >= 0.3 is 6.03 Å². The Labute approximate surface area is 120 Å². The highest BCUT2D eigenvalue weighted by Gasteiger charge is 2.25. The molecule has 0 atom stereocenters. The van der Waals surface area contributed by atoms with Gasteiger partial charge in [-0.2, -0.15) is 0 Å². The highest BCUT2D eigenvalue weighted by atomic mass is 16.3. The van der Waals surface area contributed by atoms with E-state index in [1.807, 2.05) is 13.8 Å². The Kier molecular flexibility index (Phi) is 6.51. The quantitative estimate of drug-likeness (QED) is 0.682. The van der Waals surface area contributed by atoms with E-state index in [1.165, 1.54) is 6.39 Å². The summed E-state index contributed by atoms with van der Waals surface area (Å²) in [5.41, 5.74) is -0.109. The van der Waals surface area contributed by atoms with Crippen molar-refractivity contribution in [1.82, 2.24) is 15.6 Å². The van der Waals surface area contributed by atoms with Gasteiger partial charge in [-0.3, -0.25) is 0 Å². The lowest BCUT2D eigenvalue weighted by molar-refractivity contribution is 0.0241. The molecule has 1 aromatic heterocycles. The molecule has 0 aromatic carbocycles. The van der Waals surface area contributed by atoms with Gasteiger partial charge in [0.1, 0.15) is 11.5 Å². The zero-order valence-electron chi connectivity index (χ0n) is 12.5. The topological polar surface area (TPSA) is 87.4 Å². The van der Waals surface area contributed by atoms with E-state index >= 15 is 0 Å². The number of carbonyl (C=O) groups is 1. The Balaban J connectivity index is 2.36. The first-order valence-electron chi connectivity index (χ1n) is 7.13. The van der Waals surface area contributed by atoms with E-state index in [1.54, 1.807) is 6.92 Å². The molecule has 0 bridgehead atoms. The van der Waals surface area contributed by atoms with Crippen molar-refractivity contribution in [1.29, 1.82) is 0 Å². The van der Waals surface area contributed by atoms with Crippen LogP contribution in [0.3, 0.4) is 0 Å². The number of hydrogen-bond donors (Lipinski definition) is 3. The Bertz CT molecular complexity index is 412. The molecule has 1 rings (SSSR count). The summed E-state index contributed by atoms with van der Waals surface area (Å²) >= 11 is 0. The summed E-state index contributed by atoms with van der Waals surface area (Å²) in [6, 6.07) is -0.307. The zero-order valence-corrected chi connectivity index (χ0v) is 12.5. The van der Waals surface area contributed by atoms with Crippen LogP contribution in [0.2, 0.25) is 0 Å². The van der Waals surface area contributed by atoms with Crippen LogP contribution in [0.4, 0.5) is 4.79 Å². The summed E-state index contributed by atoms with van der Waals surface area (Å²) in [6.45, 7) is 6.41. The van der Waals surface area contributed by atoms with Crippen LogP contribution in [0.15, 0.2) is 10.8 Å². The van der Waals surface area contributed by atoms with Gasteiger partial charge in [-0.05, 0) is 19.8 Å². The van der Waals surface area contributed by atoms with Gasteiger partial charge in [0.05, 0.1) is 12.1 Å². The van der Waals surface area contributed by atoms with E-state index < -0.39 is 5.60 Å². The summed E-state index contributed by atoms with van der Waals surface area (Å²) in [6.07, 6.45) is 4.49. The molecule has 0 spiro atoms. The molecular weight excluding hydrogens is 258 g/mol. The van der Waals surface area contributed by atoms with Crippen molar-refractivity contribution in [2.45, 2.75) is 58.6 Å².